The zero-order valence-electron chi connectivity index (χ0n) is 12.0. The molecule has 0 saturated heterocycles. The second-order valence-corrected chi connectivity index (χ2v) is 4.35. The van der Waals surface area contributed by atoms with E-state index in [0.717, 1.165) is 0 Å². The van der Waals surface area contributed by atoms with Gasteiger partial charge in [-0.2, -0.15) is 0 Å². The van der Waals surface area contributed by atoms with E-state index in [1.165, 1.54) is 0 Å². The molecule has 1 atom stereocenters. The lowest BCUT2D eigenvalue weighted by Gasteiger charge is -2.48. The zero-order valence-corrected chi connectivity index (χ0v) is 12.0. The third-order valence-electron chi connectivity index (χ3n) is 2.95. The number of nitrogens with zero attached hydrogens (tertiary/aromatic N) is 2. The molecule has 0 aliphatic rings. The molecular formula is C15H26N2O3. The molecule has 0 rings (SSSR count). The maximum Gasteiger partial charge on any atom is 0.207 e. The van der Waals surface area contributed by atoms with Crippen LogP contribution in [0.5, 0.6) is 0 Å². The summed E-state index contributed by atoms with van der Waals surface area (Å²) in [6.45, 7) is 15.3. The van der Waals surface area contributed by atoms with Crippen LogP contribution in [0, 0.1) is 0 Å². The van der Waals surface area contributed by atoms with Crippen molar-refractivity contribution in [2.24, 2.45) is 0 Å². The molecule has 0 aliphatic heterocycles. The van der Waals surface area contributed by atoms with Crippen molar-refractivity contribution in [2.45, 2.75) is 12.0 Å². The van der Waals surface area contributed by atoms with Gasteiger partial charge in [0.25, 0.3) is 0 Å². The lowest BCUT2D eigenvalue weighted by molar-refractivity contribution is -0.264. The molecule has 0 aromatic heterocycles. The van der Waals surface area contributed by atoms with Gasteiger partial charge in [0, 0.05) is 26.2 Å². The first-order chi connectivity index (χ1) is 9.52. The fourth-order valence-corrected chi connectivity index (χ4v) is 2.05. The maximum atomic E-state index is 11.0. The highest BCUT2D eigenvalue weighted by molar-refractivity contribution is 4.96. The molecule has 0 saturated carbocycles. The fraction of sp³-hybridized carbons (Fsp3) is 0.467. The van der Waals surface area contributed by atoms with Gasteiger partial charge >= 0.3 is 0 Å². The van der Waals surface area contributed by atoms with Crippen LogP contribution in [0.3, 0.4) is 0 Å². The first-order valence-electron chi connectivity index (χ1n) is 6.47. The Labute approximate surface area is 121 Å². The summed E-state index contributed by atoms with van der Waals surface area (Å²) >= 11 is 0. The van der Waals surface area contributed by atoms with E-state index in [2.05, 4.69) is 26.3 Å². The molecule has 5 nitrogen and oxygen atoms in total. The molecule has 3 N–H and O–H groups in total. The van der Waals surface area contributed by atoms with Crippen molar-refractivity contribution >= 4 is 0 Å². The predicted molar refractivity (Wildman–Crippen MR) is 82.0 cm³/mol. The number of rotatable bonds is 12. The van der Waals surface area contributed by atoms with Crippen LogP contribution < -0.4 is 0 Å². The van der Waals surface area contributed by atoms with E-state index in [-0.39, 0.29) is 0 Å². The Balaban J connectivity index is 5.60. The van der Waals surface area contributed by atoms with Gasteiger partial charge in [-0.25, -0.2) is 0 Å². The highest BCUT2D eigenvalue weighted by Crippen LogP contribution is 2.23. The minimum atomic E-state index is -1.76. The highest BCUT2D eigenvalue weighted by atomic mass is 16.4. The number of hydrogen-bond donors (Lipinski definition) is 3. The standard InChI is InChI=1S/C15H26N2O3/c1-5-9-16(10-6-2)15(20,14(19)13-18)17(11-7-3)12-8-4/h5-8,14,18-20H,1-4,9-13H2. The maximum absolute atomic E-state index is 11.0. The lowest BCUT2D eigenvalue weighted by atomic mass is 10.1. The van der Waals surface area contributed by atoms with Crippen LogP contribution in [-0.2, 0) is 0 Å². The lowest BCUT2D eigenvalue weighted by Crippen LogP contribution is -2.68. The van der Waals surface area contributed by atoms with Crippen LogP contribution in [0.2, 0.25) is 0 Å². The normalized spacial score (nSPS) is 13.2. The first kappa shape index (κ1) is 18.8. The largest absolute Gasteiger partial charge is 0.393 e. The molecule has 0 heterocycles. The Kier molecular flexibility index (Phi) is 9.03. The Morgan fingerprint density at radius 1 is 0.850 bits per heavy atom. The molecule has 5 heteroatoms. The number of aliphatic hydroxyl groups is 3. The van der Waals surface area contributed by atoms with Crippen molar-refractivity contribution in [2.75, 3.05) is 32.8 Å². The average molecular weight is 282 g/mol. The van der Waals surface area contributed by atoms with E-state index in [1.807, 2.05) is 0 Å². The summed E-state index contributed by atoms with van der Waals surface area (Å²) in [5.41, 5.74) is 0. The Bertz CT molecular complexity index is 287. The molecule has 20 heavy (non-hydrogen) atoms. The summed E-state index contributed by atoms with van der Waals surface area (Å²) < 4.78 is 0. The van der Waals surface area contributed by atoms with Crippen LogP contribution in [-0.4, -0.2) is 69.9 Å². The van der Waals surface area contributed by atoms with Crippen molar-refractivity contribution < 1.29 is 15.3 Å². The third kappa shape index (κ3) is 4.40. The molecule has 0 aromatic carbocycles. The van der Waals surface area contributed by atoms with Gasteiger partial charge in [0.15, 0.2) is 0 Å². The van der Waals surface area contributed by atoms with Gasteiger partial charge in [0.1, 0.15) is 6.10 Å². The predicted octanol–water partition coefficient (Wildman–Crippen LogP) is 0.334. The molecule has 0 fully saturated rings. The molecule has 0 spiro atoms. The fourth-order valence-electron chi connectivity index (χ4n) is 2.05. The summed E-state index contributed by atoms with van der Waals surface area (Å²) in [5.74, 6) is -1.76. The van der Waals surface area contributed by atoms with Gasteiger partial charge in [0.05, 0.1) is 6.61 Å². The minimum absolute atomic E-state index is 0.324. The van der Waals surface area contributed by atoms with E-state index < -0.39 is 18.6 Å². The summed E-state index contributed by atoms with van der Waals surface area (Å²) in [5, 5.41) is 30.4. The first-order valence-corrected chi connectivity index (χ1v) is 6.47. The highest BCUT2D eigenvalue weighted by Gasteiger charge is 2.45. The van der Waals surface area contributed by atoms with Gasteiger partial charge in [-0.3, -0.25) is 9.80 Å². The molecule has 0 amide bonds. The van der Waals surface area contributed by atoms with Crippen molar-refractivity contribution in [1.82, 2.24) is 9.80 Å². The van der Waals surface area contributed by atoms with Crippen LogP contribution in [0.4, 0.5) is 0 Å². The van der Waals surface area contributed by atoms with Gasteiger partial charge in [-0.15, -0.1) is 26.3 Å². The van der Waals surface area contributed by atoms with Crippen LogP contribution in [0.1, 0.15) is 0 Å². The van der Waals surface area contributed by atoms with Gasteiger partial charge in [-0.05, 0) is 0 Å². The van der Waals surface area contributed by atoms with E-state index in [1.54, 1.807) is 34.1 Å². The van der Waals surface area contributed by atoms with Crippen molar-refractivity contribution in [1.29, 1.82) is 0 Å². The average Bonchev–Trinajstić information content (AvgIpc) is 2.45. The van der Waals surface area contributed by atoms with E-state index in [9.17, 15) is 15.3 Å². The van der Waals surface area contributed by atoms with Gasteiger partial charge in [-0.1, -0.05) is 24.3 Å². The van der Waals surface area contributed by atoms with Gasteiger partial charge < -0.3 is 15.3 Å². The summed E-state index contributed by atoms with van der Waals surface area (Å²) in [4.78, 5) is 3.14. The SMILES string of the molecule is C=CCN(CC=C)C(O)(C(O)CO)N(CC=C)CC=C. The van der Waals surface area contributed by atoms with Crippen LogP contribution in [0.15, 0.2) is 50.6 Å². The second-order valence-electron chi connectivity index (χ2n) is 4.35. The minimum Gasteiger partial charge on any atom is -0.393 e. The molecule has 0 aromatic rings. The molecule has 114 valence electrons. The van der Waals surface area contributed by atoms with E-state index in [0.29, 0.717) is 26.2 Å². The van der Waals surface area contributed by atoms with E-state index in [4.69, 9.17) is 0 Å². The zero-order chi connectivity index (χ0) is 15.6. The van der Waals surface area contributed by atoms with Crippen molar-refractivity contribution in [3.63, 3.8) is 0 Å². The Morgan fingerprint density at radius 3 is 1.35 bits per heavy atom. The molecule has 1 unspecified atom stereocenters. The molecular weight excluding hydrogens is 256 g/mol. The smallest absolute Gasteiger partial charge is 0.207 e. The van der Waals surface area contributed by atoms with Crippen molar-refractivity contribution in [3.8, 4) is 0 Å². The molecule has 0 aliphatic carbocycles. The summed E-state index contributed by atoms with van der Waals surface area (Å²) in [6, 6.07) is 0. The Hall–Kier alpha value is -1.24. The third-order valence-corrected chi connectivity index (χ3v) is 2.95. The molecule has 0 bridgehead atoms. The van der Waals surface area contributed by atoms with E-state index >= 15 is 0 Å². The quantitative estimate of drug-likeness (QED) is 0.356. The van der Waals surface area contributed by atoms with Crippen LogP contribution >= 0.6 is 0 Å². The summed E-state index contributed by atoms with van der Waals surface area (Å²) in [6.07, 6.45) is 5.07. The van der Waals surface area contributed by atoms with Crippen molar-refractivity contribution in [3.05, 3.63) is 50.6 Å². The summed E-state index contributed by atoms with van der Waals surface area (Å²) in [7, 11) is 0. The topological polar surface area (TPSA) is 67.2 Å². The molecule has 0 radical (unpaired) electrons. The van der Waals surface area contributed by atoms with Gasteiger partial charge in [0.2, 0.25) is 5.85 Å². The number of hydrogen-bond acceptors (Lipinski definition) is 5. The second kappa shape index (κ2) is 9.63. The Morgan fingerprint density at radius 2 is 1.15 bits per heavy atom. The number of aliphatic hydroxyl groups excluding tert-OH is 2. The monoisotopic (exact) mass is 282 g/mol. The van der Waals surface area contributed by atoms with Crippen LogP contribution in [0.25, 0.3) is 0 Å².